The molecule has 0 aliphatic rings. The molecule has 0 aliphatic heterocycles. The Kier molecular flexibility index (Phi) is 8.24. The highest BCUT2D eigenvalue weighted by Crippen LogP contribution is 2.21. The van der Waals surface area contributed by atoms with Gasteiger partial charge in [-0.05, 0) is 55.0 Å². The molecule has 0 bridgehead atoms. The van der Waals surface area contributed by atoms with Gasteiger partial charge >= 0.3 is 0 Å². The summed E-state index contributed by atoms with van der Waals surface area (Å²) < 4.78 is 5.16. The molecular formula is C25H21Cl2N3O3. The fourth-order valence-electron chi connectivity index (χ4n) is 2.85. The van der Waals surface area contributed by atoms with E-state index in [9.17, 15) is 9.59 Å². The van der Waals surface area contributed by atoms with Crippen LogP contribution in [0.15, 0.2) is 83.6 Å². The molecule has 0 radical (unpaired) electrons. The number of hydrogen-bond acceptors (Lipinski definition) is 4. The lowest BCUT2D eigenvalue weighted by atomic mass is 10.1. The first-order chi connectivity index (χ1) is 15.9. The largest absolute Gasteiger partial charge is 0.497 e. The molecule has 3 aromatic carbocycles. The number of amides is 2. The van der Waals surface area contributed by atoms with Gasteiger partial charge in [-0.15, -0.1) is 0 Å². The predicted molar refractivity (Wildman–Crippen MR) is 132 cm³/mol. The molecule has 0 heterocycles. The zero-order valence-electron chi connectivity index (χ0n) is 17.9. The maximum Gasteiger partial charge on any atom is 0.287 e. The molecule has 6 nitrogen and oxygen atoms in total. The van der Waals surface area contributed by atoms with Crippen LogP contribution in [-0.2, 0) is 4.79 Å². The lowest BCUT2D eigenvalue weighted by Gasteiger charge is -2.10. The molecule has 0 aliphatic carbocycles. The van der Waals surface area contributed by atoms with Gasteiger partial charge in [0, 0.05) is 16.1 Å². The zero-order valence-corrected chi connectivity index (χ0v) is 19.4. The summed E-state index contributed by atoms with van der Waals surface area (Å²) in [6.45, 7) is 1.70. The van der Waals surface area contributed by atoms with Crippen LogP contribution in [0, 0.1) is 0 Å². The topological polar surface area (TPSA) is 79.8 Å². The van der Waals surface area contributed by atoms with Crippen LogP contribution in [-0.4, -0.2) is 24.6 Å². The molecule has 0 unspecified atom stereocenters. The molecule has 0 aromatic heterocycles. The maximum absolute atomic E-state index is 12.9. The first-order valence-corrected chi connectivity index (χ1v) is 10.6. The SMILES string of the molecule is COc1ccc(C=C(NC(=O)c2ccccc2)C(=O)NN=C(C)c2ccc(Cl)cc2Cl)cc1. The molecule has 0 fully saturated rings. The quantitative estimate of drug-likeness (QED) is 0.272. The molecule has 33 heavy (non-hydrogen) atoms. The molecule has 0 spiro atoms. The van der Waals surface area contributed by atoms with Crippen molar-refractivity contribution in [3.05, 3.63) is 105 Å². The Morgan fingerprint density at radius 1 is 0.970 bits per heavy atom. The number of hydrazone groups is 1. The number of carbonyl (C=O) groups is 2. The fraction of sp³-hybridized carbons (Fsp3) is 0.0800. The molecule has 8 heteroatoms. The first-order valence-electron chi connectivity index (χ1n) is 9.89. The van der Waals surface area contributed by atoms with Gasteiger partial charge in [0.05, 0.1) is 17.8 Å². The summed E-state index contributed by atoms with van der Waals surface area (Å²) >= 11 is 12.2. The van der Waals surface area contributed by atoms with Gasteiger partial charge in [0.1, 0.15) is 11.4 Å². The summed E-state index contributed by atoms with van der Waals surface area (Å²) in [5.41, 5.74) is 4.70. The molecule has 2 amide bonds. The van der Waals surface area contributed by atoms with Crippen LogP contribution < -0.4 is 15.5 Å². The van der Waals surface area contributed by atoms with Gasteiger partial charge in [-0.3, -0.25) is 9.59 Å². The lowest BCUT2D eigenvalue weighted by molar-refractivity contribution is -0.117. The molecular weight excluding hydrogens is 461 g/mol. The standard InChI is InChI=1S/C25H21Cl2N3O3/c1-16(21-13-10-19(26)15-22(21)27)29-30-25(32)23(14-17-8-11-20(33-2)12-9-17)28-24(31)18-6-4-3-5-7-18/h3-15H,1-2H3,(H,28,31)(H,30,32). The van der Waals surface area contributed by atoms with Crippen molar-refractivity contribution in [1.82, 2.24) is 10.7 Å². The number of halogens is 2. The van der Waals surface area contributed by atoms with E-state index in [0.29, 0.717) is 38.2 Å². The second-order valence-corrected chi connectivity index (χ2v) is 7.76. The van der Waals surface area contributed by atoms with E-state index < -0.39 is 11.8 Å². The van der Waals surface area contributed by atoms with Gasteiger partial charge in [-0.2, -0.15) is 5.10 Å². The van der Waals surface area contributed by atoms with Crippen LogP contribution in [0.5, 0.6) is 5.75 Å². The first kappa shape index (κ1) is 24.0. The van der Waals surface area contributed by atoms with Crippen molar-refractivity contribution in [2.24, 2.45) is 5.10 Å². The summed E-state index contributed by atoms with van der Waals surface area (Å²) in [6.07, 6.45) is 1.55. The van der Waals surface area contributed by atoms with Gasteiger partial charge in [-0.1, -0.05) is 59.6 Å². The van der Waals surface area contributed by atoms with Crippen LogP contribution in [0.3, 0.4) is 0 Å². The number of methoxy groups -OCH3 is 1. The number of nitrogens with one attached hydrogen (secondary N) is 2. The van der Waals surface area contributed by atoms with Gasteiger partial charge in [0.15, 0.2) is 0 Å². The summed E-state index contributed by atoms with van der Waals surface area (Å²) in [5.74, 6) is -0.349. The summed E-state index contributed by atoms with van der Waals surface area (Å²) in [7, 11) is 1.57. The van der Waals surface area contributed by atoms with E-state index in [2.05, 4.69) is 15.8 Å². The Bertz CT molecular complexity index is 1210. The minimum atomic E-state index is -0.598. The number of rotatable bonds is 7. The highest BCUT2D eigenvalue weighted by Gasteiger charge is 2.15. The minimum absolute atomic E-state index is 0.0211. The van der Waals surface area contributed by atoms with E-state index in [1.165, 1.54) is 0 Å². The second-order valence-electron chi connectivity index (χ2n) is 6.91. The summed E-state index contributed by atoms with van der Waals surface area (Å²) in [6, 6.07) is 20.6. The van der Waals surface area contributed by atoms with Crippen molar-refractivity contribution in [3.63, 3.8) is 0 Å². The van der Waals surface area contributed by atoms with Crippen molar-refractivity contribution in [3.8, 4) is 5.75 Å². The average molecular weight is 482 g/mol. The van der Waals surface area contributed by atoms with Gasteiger partial charge in [0.2, 0.25) is 0 Å². The lowest BCUT2D eigenvalue weighted by Crippen LogP contribution is -2.33. The van der Waals surface area contributed by atoms with Gasteiger partial charge in [-0.25, -0.2) is 5.43 Å². The molecule has 3 aromatic rings. The smallest absolute Gasteiger partial charge is 0.287 e. The number of nitrogens with zero attached hydrogens (tertiary/aromatic N) is 1. The van der Waals surface area contributed by atoms with E-state index in [4.69, 9.17) is 27.9 Å². The van der Waals surface area contributed by atoms with E-state index in [1.807, 2.05) is 0 Å². The summed E-state index contributed by atoms with van der Waals surface area (Å²) in [4.78, 5) is 25.6. The number of benzene rings is 3. The van der Waals surface area contributed by atoms with E-state index >= 15 is 0 Å². The Hall–Kier alpha value is -3.61. The molecule has 0 atom stereocenters. The van der Waals surface area contributed by atoms with Crippen LogP contribution in [0.1, 0.15) is 28.4 Å². The van der Waals surface area contributed by atoms with Crippen molar-refractivity contribution < 1.29 is 14.3 Å². The van der Waals surface area contributed by atoms with Crippen molar-refractivity contribution in [2.75, 3.05) is 7.11 Å². The van der Waals surface area contributed by atoms with Crippen molar-refractivity contribution in [2.45, 2.75) is 6.92 Å². The van der Waals surface area contributed by atoms with E-state index in [0.717, 1.165) is 0 Å². The molecule has 3 rings (SSSR count). The average Bonchev–Trinajstić information content (AvgIpc) is 2.82. The third-order valence-electron chi connectivity index (χ3n) is 4.60. The highest BCUT2D eigenvalue weighted by atomic mass is 35.5. The van der Waals surface area contributed by atoms with E-state index in [-0.39, 0.29) is 5.70 Å². The molecule has 0 saturated carbocycles. The maximum atomic E-state index is 12.9. The van der Waals surface area contributed by atoms with Crippen LogP contribution in [0.2, 0.25) is 10.0 Å². The van der Waals surface area contributed by atoms with Gasteiger partial charge < -0.3 is 10.1 Å². The fourth-order valence-corrected chi connectivity index (χ4v) is 3.39. The van der Waals surface area contributed by atoms with Crippen LogP contribution in [0.25, 0.3) is 6.08 Å². The van der Waals surface area contributed by atoms with Gasteiger partial charge in [0.25, 0.3) is 11.8 Å². The molecule has 0 saturated heterocycles. The third kappa shape index (κ3) is 6.68. The predicted octanol–water partition coefficient (Wildman–Crippen LogP) is 5.31. The number of hydrogen-bond donors (Lipinski definition) is 2. The van der Waals surface area contributed by atoms with Crippen LogP contribution >= 0.6 is 23.2 Å². The number of ether oxygens (including phenoxy) is 1. The Labute approximate surface area is 201 Å². The molecule has 2 N–H and O–H groups in total. The van der Waals surface area contributed by atoms with Crippen molar-refractivity contribution in [1.29, 1.82) is 0 Å². The third-order valence-corrected chi connectivity index (χ3v) is 5.15. The minimum Gasteiger partial charge on any atom is -0.497 e. The Balaban J connectivity index is 1.86. The Morgan fingerprint density at radius 2 is 1.67 bits per heavy atom. The Morgan fingerprint density at radius 3 is 2.30 bits per heavy atom. The second kappa shape index (κ2) is 11.3. The highest BCUT2D eigenvalue weighted by molar-refractivity contribution is 6.37. The van der Waals surface area contributed by atoms with E-state index in [1.54, 1.807) is 92.9 Å². The van der Waals surface area contributed by atoms with Crippen LogP contribution in [0.4, 0.5) is 0 Å². The molecule has 168 valence electrons. The zero-order chi connectivity index (χ0) is 23.8. The number of carbonyl (C=O) groups excluding carboxylic acids is 2. The summed E-state index contributed by atoms with van der Waals surface area (Å²) in [5, 5.41) is 7.69. The van der Waals surface area contributed by atoms with Crippen molar-refractivity contribution >= 4 is 46.8 Å². The normalized spacial score (nSPS) is 11.6. The monoisotopic (exact) mass is 481 g/mol.